The summed E-state index contributed by atoms with van der Waals surface area (Å²) in [6.45, 7) is 6.45. The molecule has 0 aromatic heterocycles. The van der Waals surface area contributed by atoms with E-state index in [0.29, 0.717) is 11.5 Å². The molecule has 1 saturated heterocycles. The normalized spacial score (nSPS) is 28.9. The Bertz CT molecular complexity index is 430. The lowest BCUT2D eigenvalue weighted by Gasteiger charge is -2.40. The van der Waals surface area contributed by atoms with Crippen LogP contribution in [0.1, 0.15) is 36.2 Å². The molecule has 2 rings (SSSR count). The number of rotatable bonds is 2. The molecule has 92 valence electrons. The van der Waals surface area contributed by atoms with Crippen LogP contribution in [0.15, 0.2) is 24.3 Å². The molecule has 0 unspecified atom stereocenters. The molecular weight excluding hydrogens is 214 g/mol. The van der Waals surface area contributed by atoms with Crippen LogP contribution in [0, 0.1) is 5.92 Å². The van der Waals surface area contributed by atoms with E-state index >= 15 is 0 Å². The Kier molecular flexibility index (Phi) is 3.20. The highest BCUT2D eigenvalue weighted by molar-refractivity contribution is 5.87. The molecule has 1 fully saturated rings. The van der Waals surface area contributed by atoms with Gasteiger partial charge < -0.3 is 10.4 Å². The minimum atomic E-state index is -0.850. The molecular formula is C14H19NO2. The number of carboxylic acids is 1. The minimum absolute atomic E-state index is 0.0801. The van der Waals surface area contributed by atoms with Crippen molar-refractivity contribution < 1.29 is 9.90 Å². The van der Waals surface area contributed by atoms with Crippen molar-refractivity contribution >= 4 is 5.97 Å². The van der Waals surface area contributed by atoms with Gasteiger partial charge in [-0.05, 0) is 48.5 Å². The zero-order valence-electron chi connectivity index (χ0n) is 10.4. The molecule has 17 heavy (non-hydrogen) atoms. The van der Waals surface area contributed by atoms with E-state index in [1.165, 1.54) is 0 Å². The lowest BCUT2D eigenvalue weighted by molar-refractivity contribution is 0.0696. The predicted octanol–water partition coefficient (Wildman–Crippen LogP) is 2.27. The number of piperidine rings is 1. The average Bonchev–Trinajstić information content (AvgIpc) is 2.33. The first kappa shape index (κ1) is 12.1. The topological polar surface area (TPSA) is 49.3 Å². The number of hydrogen-bond acceptors (Lipinski definition) is 2. The Morgan fingerprint density at radius 3 is 2.94 bits per heavy atom. The summed E-state index contributed by atoms with van der Waals surface area (Å²) in [5.41, 5.74) is 1.61. The Morgan fingerprint density at radius 1 is 1.53 bits per heavy atom. The quantitative estimate of drug-likeness (QED) is 0.824. The van der Waals surface area contributed by atoms with Gasteiger partial charge in [-0.1, -0.05) is 26.0 Å². The molecule has 0 spiro atoms. The standard InChI is InChI=1S/C14H19NO2/c1-10-9-15-7-6-14(10,2)12-5-3-4-11(8-12)13(16)17/h3-5,8,10,15H,6-7,9H2,1-2H3,(H,16,17)/t10-,14+/m0/s1. The second kappa shape index (κ2) is 4.49. The van der Waals surface area contributed by atoms with E-state index in [1.807, 2.05) is 18.2 Å². The maximum Gasteiger partial charge on any atom is 0.335 e. The summed E-state index contributed by atoms with van der Waals surface area (Å²) in [6, 6.07) is 7.37. The fourth-order valence-corrected chi connectivity index (χ4v) is 2.57. The molecule has 1 aliphatic rings. The number of hydrogen-bond donors (Lipinski definition) is 2. The number of carbonyl (C=O) groups is 1. The van der Waals surface area contributed by atoms with Crippen molar-refractivity contribution in [2.75, 3.05) is 13.1 Å². The molecule has 0 saturated carbocycles. The van der Waals surface area contributed by atoms with Gasteiger partial charge in [-0.3, -0.25) is 0 Å². The summed E-state index contributed by atoms with van der Waals surface area (Å²) in [4.78, 5) is 11.0. The molecule has 1 aliphatic heterocycles. The Morgan fingerprint density at radius 2 is 2.29 bits per heavy atom. The van der Waals surface area contributed by atoms with Gasteiger partial charge in [0.15, 0.2) is 0 Å². The summed E-state index contributed by atoms with van der Waals surface area (Å²) in [5, 5.41) is 12.4. The van der Waals surface area contributed by atoms with Gasteiger partial charge in [-0.2, -0.15) is 0 Å². The van der Waals surface area contributed by atoms with Gasteiger partial charge in [-0.25, -0.2) is 4.79 Å². The molecule has 1 aromatic rings. The number of carboxylic acid groups (broad SMARTS) is 1. The first-order valence-corrected chi connectivity index (χ1v) is 6.08. The SMILES string of the molecule is C[C@H]1CNCC[C@@]1(C)c1cccc(C(=O)O)c1. The van der Waals surface area contributed by atoms with E-state index < -0.39 is 5.97 Å². The van der Waals surface area contributed by atoms with Crippen LogP contribution >= 0.6 is 0 Å². The van der Waals surface area contributed by atoms with Crippen LogP contribution in [0.5, 0.6) is 0 Å². The fraction of sp³-hybridized carbons (Fsp3) is 0.500. The van der Waals surface area contributed by atoms with Crippen molar-refractivity contribution in [2.45, 2.75) is 25.7 Å². The van der Waals surface area contributed by atoms with Crippen molar-refractivity contribution in [2.24, 2.45) is 5.92 Å². The van der Waals surface area contributed by atoms with Crippen molar-refractivity contribution in [3.05, 3.63) is 35.4 Å². The average molecular weight is 233 g/mol. The van der Waals surface area contributed by atoms with E-state index in [1.54, 1.807) is 6.07 Å². The molecule has 0 radical (unpaired) electrons. The van der Waals surface area contributed by atoms with E-state index in [4.69, 9.17) is 5.11 Å². The molecule has 3 heteroatoms. The predicted molar refractivity (Wildman–Crippen MR) is 67.4 cm³/mol. The van der Waals surface area contributed by atoms with Gasteiger partial charge >= 0.3 is 5.97 Å². The summed E-state index contributed by atoms with van der Waals surface area (Å²) in [7, 11) is 0. The van der Waals surface area contributed by atoms with Crippen LogP contribution < -0.4 is 5.32 Å². The summed E-state index contributed by atoms with van der Waals surface area (Å²) in [6.07, 6.45) is 1.05. The zero-order chi connectivity index (χ0) is 12.5. The van der Waals surface area contributed by atoms with Gasteiger partial charge in [0, 0.05) is 0 Å². The first-order chi connectivity index (χ1) is 8.04. The highest BCUT2D eigenvalue weighted by Gasteiger charge is 2.35. The fourth-order valence-electron chi connectivity index (χ4n) is 2.57. The molecule has 1 heterocycles. The monoisotopic (exact) mass is 233 g/mol. The Hall–Kier alpha value is -1.35. The largest absolute Gasteiger partial charge is 0.478 e. The molecule has 0 amide bonds. The van der Waals surface area contributed by atoms with Crippen LogP contribution in [0.3, 0.4) is 0 Å². The van der Waals surface area contributed by atoms with E-state index in [0.717, 1.165) is 25.1 Å². The third kappa shape index (κ3) is 2.20. The van der Waals surface area contributed by atoms with Crippen LogP contribution in [-0.4, -0.2) is 24.2 Å². The molecule has 2 N–H and O–H groups in total. The third-order valence-electron chi connectivity index (χ3n) is 4.13. The highest BCUT2D eigenvalue weighted by atomic mass is 16.4. The van der Waals surface area contributed by atoms with Crippen LogP contribution in [0.25, 0.3) is 0 Å². The number of benzene rings is 1. The van der Waals surface area contributed by atoms with Gasteiger partial charge in [0.25, 0.3) is 0 Å². The summed E-state index contributed by atoms with van der Waals surface area (Å²) < 4.78 is 0. The summed E-state index contributed by atoms with van der Waals surface area (Å²) in [5.74, 6) is -0.336. The van der Waals surface area contributed by atoms with Crippen molar-refractivity contribution in [3.8, 4) is 0 Å². The van der Waals surface area contributed by atoms with Gasteiger partial charge in [-0.15, -0.1) is 0 Å². The van der Waals surface area contributed by atoms with Gasteiger partial charge in [0.05, 0.1) is 5.56 Å². The smallest absolute Gasteiger partial charge is 0.335 e. The van der Waals surface area contributed by atoms with E-state index in [-0.39, 0.29) is 5.41 Å². The second-order valence-electron chi connectivity index (χ2n) is 5.16. The van der Waals surface area contributed by atoms with Gasteiger partial charge in [0.1, 0.15) is 0 Å². The molecule has 0 bridgehead atoms. The van der Waals surface area contributed by atoms with Crippen LogP contribution in [-0.2, 0) is 5.41 Å². The third-order valence-corrected chi connectivity index (χ3v) is 4.13. The Labute approximate surface area is 102 Å². The maximum atomic E-state index is 11.0. The lowest BCUT2D eigenvalue weighted by atomic mass is 9.68. The molecule has 1 aromatic carbocycles. The highest BCUT2D eigenvalue weighted by Crippen LogP contribution is 2.37. The minimum Gasteiger partial charge on any atom is -0.478 e. The van der Waals surface area contributed by atoms with Crippen molar-refractivity contribution in [3.63, 3.8) is 0 Å². The first-order valence-electron chi connectivity index (χ1n) is 6.08. The molecule has 3 nitrogen and oxygen atoms in total. The second-order valence-corrected chi connectivity index (χ2v) is 5.16. The molecule has 2 atom stereocenters. The van der Waals surface area contributed by atoms with E-state index in [2.05, 4.69) is 19.2 Å². The Balaban J connectivity index is 2.38. The van der Waals surface area contributed by atoms with E-state index in [9.17, 15) is 4.79 Å². The lowest BCUT2D eigenvalue weighted by Crippen LogP contribution is -2.44. The number of aromatic carboxylic acids is 1. The maximum absolute atomic E-state index is 11.0. The van der Waals surface area contributed by atoms with Crippen LogP contribution in [0.4, 0.5) is 0 Å². The van der Waals surface area contributed by atoms with Crippen LogP contribution in [0.2, 0.25) is 0 Å². The zero-order valence-corrected chi connectivity index (χ0v) is 10.4. The van der Waals surface area contributed by atoms with Crippen molar-refractivity contribution in [1.29, 1.82) is 0 Å². The van der Waals surface area contributed by atoms with Crippen molar-refractivity contribution in [1.82, 2.24) is 5.32 Å². The summed E-state index contributed by atoms with van der Waals surface area (Å²) >= 11 is 0. The molecule has 0 aliphatic carbocycles. The van der Waals surface area contributed by atoms with Gasteiger partial charge in [0.2, 0.25) is 0 Å². The number of nitrogens with one attached hydrogen (secondary N) is 1.